The maximum atomic E-state index is 13.2. The molecule has 0 aliphatic carbocycles. The van der Waals surface area contributed by atoms with E-state index in [4.69, 9.17) is 10.5 Å². The summed E-state index contributed by atoms with van der Waals surface area (Å²) in [4.78, 5) is 3.68. The minimum absolute atomic E-state index is 0.315. The van der Waals surface area contributed by atoms with Gasteiger partial charge >= 0.3 is 0 Å². The Labute approximate surface area is 89.5 Å². The van der Waals surface area contributed by atoms with Gasteiger partial charge in [-0.3, -0.25) is 4.98 Å². The molecule has 0 amide bonds. The van der Waals surface area contributed by atoms with E-state index in [-0.39, 0.29) is 11.9 Å². The summed E-state index contributed by atoms with van der Waals surface area (Å²) in [7, 11) is 0. The Balaban J connectivity index is 2.40. The van der Waals surface area contributed by atoms with E-state index >= 15 is 0 Å². The van der Waals surface area contributed by atoms with Gasteiger partial charge in [0, 0.05) is 31.0 Å². The first kappa shape index (κ1) is 12.1. The van der Waals surface area contributed by atoms with Gasteiger partial charge in [-0.05, 0) is 18.9 Å². The molecule has 1 aromatic rings. The van der Waals surface area contributed by atoms with Crippen LogP contribution in [0.3, 0.4) is 0 Å². The van der Waals surface area contributed by atoms with Crippen LogP contribution < -0.4 is 5.73 Å². The van der Waals surface area contributed by atoms with Crippen molar-refractivity contribution in [3.8, 4) is 0 Å². The molecule has 0 radical (unpaired) electrons. The van der Waals surface area contributed by atoms with Crippen molar-refractivity contribution in [1.29, 1.82) is 0 Å². The van der Waals surface area contributed by atoms with Crippen LogP contribution in [0.1, 0.15) is 31.4 Å². The van der Waals surface area contributed by atoms with Gasteiger partial charge < -0.3 is 10.5 Å². The molecule has 3 nitrogen and oxygen atoms in total. The average Bonchev–Trinajstić information content (AvgIpc) is 2.25. The average molecular weight is 212 g/mol. The van der Waals surface area contributed by atoms with Crippen molar-refractivity contribution in [3.05, 3.63) is 29.8 Å². The molecule has 15 heavy (non-hydrogen) atoms. The Morgan fingerprint density at radius 2 is 2.33 bits per heavy atom. The summed E-state index contributed by atoms with van der Waals surface area (Å²) in [5.74, 6) is -0.347. The molecule has 1 heterocycles. The van der Waals surface area contributed by atoms with Gasteiger partial charge in [0.15, 0.2) is 0 Å². The normalized spacial score (nSPS) is 12.7. The Morgan fingerprint density at radius 3 is 3.00 bits per heavy atom. The summed E-state index contributed by atoms with van der Waals surface area (Å²) in [6.45, 7) is 3.34. The highest BCUT2D eigenvalue weighted by molar-refractivity contribution is 5.16. The molecular formula is C11H17FN2O. The third kappa shape index (κ3) is 3.93. The molecule has 0 saturated heterocycles. The number of hydrogen-bond acceptors (Lipinski definition) is 3. The fraction of sp³-hybridized carbons (Fsp3) is 0.545. The lowest BCUT2D eigenvalue weighted by molar-refractivity contribution is 0.127. The molecule has 1 unspecified atom stereocenters. The summed E-state index contributed by atoms with van der Waals surface area (Å²) in [6.07, 6.45) is 4.34. The summed E-state index contributed by atoms with van der Waals surface area (Å²) in [5.41, 5.74) is 6.34. The maximum absolute atomic E-state index is 13.2. The van der Waals surface area contributed by atoms with E-state index in [0.717, 1.165) is 13.0 Å². The van der Waals surface area contributed by atoms with Gasteiger partial charge in [0.05, 0.1) is 6.20 Å². The van der Waals surface area contributed by atoms with Crippen LogP contribution in [0.25, 0.3) is 0 Å². The molecule has 1 rings (SSSR count). The van der Waals surface area contributed by atoms with Gasteiger partial charge in [0.25, 0.3) is 0 Å². The van der Waals surface area contributed by atoms with Crippen LogP contribution in [0.15, 0.2) is 18.5 Å². The molecule has 0 bridgehead atoms. The molecular weight excluding hydrogens is 195 g/mol. The third-order valence-electron chi connectivity index (χ3n) is 2.12. The van der Waals surface area contributed by atoms with E-state index in [0.29, 0.717) is 18.6 Å². The van der Waals surface area contributed by atoms with Crippen molar-refractivity contribution >= 4 is 0 Å². The predicted molar refractivity (Wildman–Crippen MR) is 56.9 cm³/mol. The second kappa shape index (κ2) is 6.48. The first-order chi connectivity index (χ1) is 7.25. The Morgan fingerprint density at radius 1 is 1.53 bits per heavy atom. The fourth-order valence-corrected chi connectivity index (χ4v) is 1.30. The predicted octanol–water partition coefficient (Wildman–Crippen LogP) is 2.04. The smallest absolute Gasteiger partial charge is 0.146 e. The molecule has 4 heteroatoms. The van der Waals surface area contributed by atoms with Crippen molar-refractivity contribution in [2.75, 3.05) is 13.2 Å². The number of aromatic nitrogens is 1. The van der Waals surface area contributed by atoms with Gasteiger partial charge in [-0.25, -0.2) is 4.39 Å². The quantitative estimate of drug-likeness (QED) is 0.734. The van der Waals surface area contributed by atoms with E-state index in [1.165, 1.54) is 6.20 Å². The Kier molecular flexibility index (Phi) is 5.21. The van der Waals surface area contributed by atoms with E-state index in [1.54, 1.807) is 12.3 Å². The van der Waals surface area contributed by atoms with Gasteiger partial charge in [-0.2, -0.15) is 0 Å². The van der Waals surface area contributed by atoms with E-state index in [2.05, 4.69) is 4.98 Å². The molecule has 0 aliphatic heterocycles. The van der Waals surface area contributed by atoms with E-state index < -0.39 is 0 Å². The molecule has 0 aliphatic rings. The number of nitrogens with two attached hydrogens (primary N) is 1. The summed E-state index contributed by atoms with van der Waals surface area (Å²) in [5, 5.41) is 0. The summed E-state index contributed by atoms with van der Waals surface area (Å²) < 4.78 is 18.5. The standard InChI is InChI=1S/C11H17FN2O/c1-2-6-15-7-4-11(13)9-3-5-14-8-10(9)12/h3,5,8,11H,2,4,6-7,13H2,1H3. The highest BCUT2D eigenvalue weighted by Gasteiger charge is 2.10. The summed E-state index contributed by atoms with van der Waals surface area (Å²) in [6, 6.07) is 1.30. The van der Waals surface area contributed by atoms with Crippen LogP contribution in [-0.4, -0.2) is 18.2 Å². The molecule has 1 aromatic heterocycles. The van der Waals surface area contributed by atoms with Crippen LogP contribution in [0, 0.1) is 5.82 Å². The molecule has 0 spiro atoms. The van der Waals surface area contributed by atoms with Gasteiger partial charge in [-0.1, -0.05) is 6.92 Å². The van der Waals surface area contributed by atoms with E-state index in [1.807, 2.05) is 6.92 Å². The lowest BCUT2D eigenvalue weighted by Crippen LogP contribution is -2.15. The number of hydrogen-bond donors (Lipinski definition) is 1. The SMILES string of the molecule is CCCOCCC(N)c1ccncc1F. The lowest BCUT2D eigenvalue weighted by Gasteiger charge is -2.12. The van der Waals surface area contributed by atoms with Gasteiger partial charge in [-0.15, -0.1) is 0 Å². The third-order valence-corrected chi connectivity index (χ3v) is 2.12. The number of pyridine rings is 1. The minimum atomic E-state index is -0.347. The van der Waals surface area contributed by atoms with Crippen molar-refractivity contribution in [2.45, 2.75) is 25.8 Å². The number of halogens is 1. The second-order valence-electron chi connectivity index (χ2n) is 3.40. The first-order valence-corrected chi connectivity index (χ1v) is 5.18. The molecule has 1 atom stereocenters. The zero-order valence-corrected chi connectivity index (χ0v) is 8.95. The van der Waals surface area contributed by atoms with Crippen LogP contribution in [-0.2, 0) is 4.74 Å². The van der Waals surface area contributed by atoms with Crippen molar-refractivity contribution in [1.82, 2.24) is 4.98 Å². The van der Waals surface area contributed by atoms with Crippen LogP contribution in [0.5, 0.6) is 0 Å². The minimum Gasteiger partial charge on any atom is -0.381 e. The number of nitrogens with zero attached hydrogens (tertiary/aromatic N) is 1. The zero-order valence-electron chi connectivity index (χ0n) is 8.95. The van der Waals surface area contributed by atoms with Gasteiger partial charge in [0.2, 0.25) is 0 Å². The Bertz CT molecular complexity index is 294. The zero-order chi connectivity index (χ0) is 11.1. The van der Waals surface area contributed by atoms with Crippen molar-refractivity contribution < 1.29 is 9.13 Å². The monoisotopic (exact) mass is 212 g/mol. The van der Waals surface area contributed by atoms with E-state index in [9.17, 15) is 4.39 Å². The highest BCUT2D eigenvalue weighted by atomic mass is 19.1. The lowest BCUT2D eigenvalue weighted by atomic mass is 10.1. The summed E-state index contributed by atoms with van der Waals surface area (Å²) >= 11 is 0. The van der Waals surface area contributed by atoms with Crippen LogP contribution in [0.2, 0.25) is 0 Å². The van der Waals surface area contributed by atoms with Crippen molar-refractivity contribution in [3.63, 3.8) is 0 Å². The number of ether oxygens (including phenoxy) is 1. The molecule has 0 fully saturated rings. The highest BCUT2D eigenvalue weighted by Crippen LogP contribution is 2.16. The largest absolute Gasteiger partial charge is 0.381 e. The fourth-order valence-electron chi connectivity index (χ4n) is 1.30. The van der Waals surface area contributed by atoms with Gasteiger partial charge in [0.1, 0.15) is 5.82 Å². The Hall–Kier alpha value is -1.00. The first-order valence-electron chi connectivity index (χ1n) is 5.18. The second-order valence-corrected chi connectivity index (χ2v) is 3.40. The molecule has 2 N–H and O–H groups in total. The van der Waals surface area contributed by atoms with Crippen LogP contribution >= 0.6 is 0 Å². The van der Waals surface area contributed by atoms with Crippen molar-refractivity contribution in [2.24, 2.45) is 5.73 Å². The van der Waals surface area contributed by atoms with Crippen LogP contribution in [0.4, 0.5) is 4.39 Å². The topological polar surface area (TPSA) is 48.1 Å². The molecule has 0 saturated carbocycles. The maximum Gasteiger partial charge on any atom is 0.146 e. The molecule has 0 aromatic carbocycles. The number of rotatable bonds is 6. The molecule has 84 valence electrons.